The van der Waals surface area contributed by atoms with Gasteiger partial charge in [0.05, 0.1) is 0 Å². The quantitative estimate of drug-likeness (QED) is 0.828. The minimum Gasteiger partial charge on any atom is -0.477 e. The Morgan fingerprint density at radius 2 is 1.93 bits per heavy atom. The lowest BCUT2D eigenvalue weighted by atomic mass is 10.1. The largest absolute Gasteiger partial charge is 0.477 e. The molecule has 3 heteroatoms. The Morgan fingerprint density at radius 1 is 1.33 bits per heavy atom. The minimum absolute atomic E-state index is 0.194. The lowest BCUT2D eigenvalue weighted by molar-refractivity contribution is 0.0683. The Balaban J connectivity index is 3.12. The number of aromatic nitrogens is 1. The van der Waals surface area contributed by atoms with Crippen LogP contribution >= 0.6 is 0 Å². The zero-order valence-corrected chi connectivity index (χ0v) is 9.82. The van der Waals surface area contributed by atoms with E-state index in [1.807, 2.05) is 24.5 Å². The summed E-state index contributed by atoms with van der Waals surface area (Å²) in [5.74, 6) is -0.308. The summed E-state index contributed by atoms with van der Waals surface area (Å²) >= 11 is 0. The molecule has 3 nitrogen and oxygen atoms in total. The van der Waals surface area contributed by atoms with Crippen LogP contribution in [0.15, 0.2) is 12.1 Å². The maximum atomic E-state index is 11.0. The van der Waals surface area contributed by atoms with Gasteiger partial charge < -0.3 is 9.67 Å². The summed E-state index contributed by atoms with van der Waals surface area (Å²) in [4.78, 5) is 11.0. The zero-order valence-electron chi connectivity index (χ0n) is 9.82. The molecule has 1 aromatic heterocycles. The first kappa shape index (κ1) is 11.8. The van der Waals surface area contributed by atoms with E-state index in [2.05, 4.69) is 13.8 Å². The van der Waals surface area contributed by atoms with Crippen LogP contribution in [0.25, 0.3) is 0 Å². The number of carboxylic acids is 1. The van der Waals surface area contributed by atoms with Crippen molar-refractivity contribution in [3.63, 3.8) is 0 Å². The van der Waals surface area contributed by atoms with Gasteiger partial charge in [-0.2, -0.15) is 0 Å². The summed E-state index contributed by atoms with van der Waals surface area (Å²) in [6, 6.07) is 3.81. The maximum Gasteiger partial charge on any atom is 0.352 e. The molecule has 0 atom stereocenters. The maximum absolute atomic E-state index is 11.0. The van der Waals surface area contributed by atoms with Crippen molar-refractivity contribution in [2.24, 2.45) is 5.92 Å². The third-order valence-electron chi connectivity index (χ3n) is 2.36. The van der Waals surface area contributed by atoms with Gasteiger partial charge >= 0.3 is 5.97 Å². The van der Waals surface area contributed by atoms with Gasteiger partial charge in [0.25, 0.3) is 0 Å². The summed E-state index contributed by atoms with van der Waals surface area (Å²) in [6.07, 6.45) is 0.922. The fourth-order valence-electron chi connectivity index (χ4n) is 1.86. The van der Waals surface area contributed by atoms with Gasteiger partial charge in [-0.1, -0.05) is 13.8 Å². The van der Waals surface area contributed by atoms with Gasteiger partial charge in [-0.15, -0.1) is 0 Å². The highest BCUT2D eigenvalue weighted by molar-refractivity contribution is 5.86. The fourth-order valence-corrected chi connectivity index (χ4v) is 1.86. The van der Waals surface area contributed by atoms with Gasteiger partial charge in [0.15, 0.2) is 0 Å². The Morgan fingerprint density at radius 3 is 2.33 bits per heavy atom. The summed E-state index contributed by atoms with van der Waals surface area (Å²) in [5, 5.41) is 9.04. The molecule has 0 aliphatic rings. The van der Waals surface area contributed by atoms with Crippen LogP contribution in [0.3, 0.4) is 0 Å². The van der Waals surface area contributed by atoms with Gasteiger partial charge in [-0.3, -0.25) is 0 Å². The smallest absolute Gasteiger partial charge is 0.352 e. The second kappa shape index (κ2) is 4.51. The Kier molecular flexibility index (Phi) is 3.56. The second-order valence-electron chi connectivity index (χ2n) is 4.58. The van der Waals surface area contributed by atoms with Crippen LogP contribution in [0, 0.1) is 5.92 Å². The van der Waals surface area contributed by atoms with Crippen molar-refractivity contribution in [2.45, 2.75) is 40.2 Å². The van der Waals surface area contributed by atoms with E-state index < -0.39 is 5.97 Å². The second-order valence-corrected chi connectivity index (χ2v) is 4.58. The Labute approximate surface area is 90.7 Å². The van der Waals surface area contributed by atoms with E-state index >= 15 is 0 Å². The first-order valence-electron chi connectivity index (χ1n) is 5.37. The molecular formula is C12H19NO2. The van der Waals surface area contributed by atoms with Crippen LogP contribution in [0.5, 0.6) is 0 Å². The summed E-state index contributed by atoms with van der Waals surface area (Å²) in [7, 11) is 0. The molecule has 0 saturated heterocycles. The molecule has 0 radical (unpaired) electrons. The van der Waals surface area contributed by atoms with Gasteiger partial charge in [0, 0.05) is 11.7 Å². The third kappa shape index (κ3) is 2.61. The highest BCUT2D eigenvalue weighted by atomic mass is 16.4. The zero-order chi connectivity index (χ0) is 11.6. The number of rotatable bonds is 4. The lowest BCUT2D eigenvalue weighted by Crippen LogP contribution is -2.14. The SMILES string of the molecule is CC(C)Cc1ccc(C(=O)O)n1C(C)C. The number of nitrogens with zero attached hydrogens (tertiary/aromatic N) is 1. The van der Waals surface area contributed by atoms with E-state index in [0.717, 1.165) is 12.1 Å². The monoisotopic (exact) mass is 209 g/mol. The standard InChI is InChI=1S/C12H19NO2/c1-8(2)7-10-5-6-11(12(14)15)13(10)9(3)4/h5-6,8-9H,7H2,1-4H3,(H,14,15). The van der Waals surface area contributed by atoms with Crippen molar-refractivity contribution in [2.75, 3.05) is 0 Å². The molecule has 0 aliphatic carbocycles. The molecule has 0 fully saturated rings. The van der Waals surface area contributed by atoms with Crippen LogP contribution in [0.1, 0.15) is 49.9 Å². The van der Waals surface area contributed by atoms with Gasteiger partial charge in [-0.25, -0.2) is 4.79 Å². The Bertz CT molecular complexity index is 351. The molecule has 0 spiro atoms. The highest BCUT2D eigenvalue weighted by Gasteiger charge is 2.16. The average Bonchev–Trinajstić information content (AvgIpc) is 2.46. The fraction of sp³-hybridized carbons (Fsp3) is 0.583. The van der Waals surface area contributed by atoms with Crippen molar-refractivity contribution in [1.29, 1.82) is 0 Å². The number of carboxylic acid groups (broad SMARTS) is 1. The predicted molar refractivity (Wildman–Crippen MR) is 60.3 cm³/mol. The lowest BCUT2D eigenvalue weighted by Gasteiger charge is -2.16. The Hall–Kier alpha value is -1.25. The molecule has 0 amide bonds. The number of carbonyl (C=O) groups is 1. The first-order valence-corrected chi connectivity index (χ1v) is 5.37. The van der Waals surface area contributed by atoms with Gasteiger partial charge in [0.2, 0.25) is 0 Å². The molecule has 0 unspecified atom stereocenters. The predicted octanol–water partition coefficient (Wildman–Crippen LogP) is 2.97. The molecule has 84 valence electrons. The molecule has 1 aromatic rings. The van der Waals surface area contributed by atoms with Crippen LogP contribution in [0.4, 0.5) is 0 Å². The average molecular weight is 209 g/mol. The molecular weight excluding hydrogens is 190 g/mol. The molecule has 15 heavy (non-hydrogen) atoms. The van der Waals surface area contributed by atoms with Crippen LogP contribution < -0.4 is 0 Å². The summed E-state index contributed by atoms with van der Waals surface area (Å²) in [6.45, 7) is 8.29. The van der Waals surface area contributed by atoms with Crippen molar-refractivity contribution >= 4 is 5.97 Å². The topological polar surface area (TPSA) is 42.2 Å². The van der Waals surface area contributed by atoms with Gasteiger partial charge in [-0.05, 0) is 38.3 Å². The highest BCUT2D eigenvalue weighted by Crippen LogP contribution is 2.19. The minimum atomic E-state index is -0.848. The number of aromatic carboxylic acids is 1. The molecule has 0 aliphatic heterocycles. The van der Waals surface area contributed by atoms with E-state index in [-0.39, 0.29) is 6.04 Å². The summed E-state index contributed by atoms with van der Waals surface area (Å²) < 4.78 is 1.91. The van der Waals surface area contributed by atoms with Crippen molar-refractivity contribution < 1.29 is 9.90 Å². The van der Waals surface area contributed by atoms with E-state index in [1.54, 1.807) is 6.07 Å². The molecule has 1 rings (SSSR count). The number of hydrogen-bond donors (Lipinski definition) is 1. The van der Waals surface area contributed by atoms with Crippen LogP contribution in [-0.2, 0) is 6.42 Å². The van der Waals surface area contributed by atoms with Crippen LogP contribution in [-0.4, -0.2) is 15.6 Å². The van der Waals surface area contributed by atoms with Gasteiger partial charge in [0.1, 0.15) is 5.69 Å². The molecule has 0 bridgehead atoms. The van der Waals surface area contributed by atoms with Crippen molar-refractivity contribution in [3.8, 4) is 0 Å². The molecule has 1 heterocycles. The van der Waals surface area contributed by atoms with Crippen molar-refractivity contribution in [1.82, 2.24) is 4.57 Å². The molecule has 1 N–H and O–H groups in total. The third-order valence-corrected chi connectivity index (χ3v) is 2.36. The van der Waals surface area contributed by atoms with Crippen LogP contribution in [0.2, 0.25) is 0 Å². The molecule has 0 aromatic carbocycles. The van der Waals surface area contributed by atoms with E-state index in [4.69, 9.17) is 5.11 Å². The van der Waals surface area contributed by atoms with E-state index in [0.29, 0.717) is 11.6 Å². The van der Waals surface area contributed by atoms with E-state index in [9.17, 15) is 4.79 Å². The normalized spacial score (nSPS) is 11.3. The molecule has 0 saturated carbocycles. The van der Waals surface area contributed by atoms with Crippen molar-refractivity contribution in [3.05, 3.63) is 23.5 Å². The first-order chi connectivity index (χ1) is 6.93. The summed E-state index contributed by atoms with van der Waals surface area (Å²) in [5.41, 5.74) is 1.50. The number of hydrogen-bond acceptors (Lipinski definition) is 1. The van der Waals surface area contributed by atoms with E-state index in [1.165, 1.54) is 0 Å².